The van der Waals surface area contributed by atoms with Crippen LogP contribution in [0.15, 0.2) is 0 Å². The fourth-order valence-corrected chi connectivity index (χ4v) is 2.94. The van der Waals surface area contributed by atoms with Crippen LogP contribution in [0.4, 0.5) is 0 Å². The van der Waals surface area contributed by atoms with Crippen molar-refractivity contribution in [2.45, 2.75) is 110 Å². The van der Waals surface area contributed by atoms with Crippen molar-refractivity contribution in [1.82, 2.24) is 0 Å². The normalized spacial score (nSPS) is 10.3. The minimum Gasteiger partial charge on any atom is 1.00 e. The molecule has 0 rings (SSSR count). The van der Waals surface area contributed by atoms with Gasteiger partial charge in [0.25, 0.3) is 0 Å². The molecule has 0 aromatic carbocycles. The Balaban J connectivity index is 0. The van der Waals surface area contributed by atoms with E-state index in [9.17, 15) is 5.11 Å². The summed E-state index contributed by atoms with van der Waals surface area (Å²) in [5.74, 6) is 0. The maximum Gasteiger partial charge on any atom is 1.00 e. The molecule has 0 atom stereocenters. The first-order valence-electron chi connectivity index (χ1n) is 8.97. The quantitative estimate of drug-likeness (QED) is 0.294. The van der Waals surface area contributed by atoms with Gasteiger partial charge in [0.15, 0.2) is 0 Å². The molecular formula is C18H35KOSe. The van der Waals surface area contributed by atoms with Crippen LogP contribution in [-0.4, -0.2) is 20.2 Å². The average Bonchev–Trinajstić information content (AvgIpc) is 2.43. The topological polar surface area (TPSA) is 23.1 Å². The predicted molar refractivity (Wildman–Crippen MR) is 90.3 cm³/mol. The Morgan fingerprint density at radius 2 is 0.905 bits per heavy atom. The first kappa shape index (κ1) is 25.1. The van der Waals surface area contributed by atoms with Crippen molar-refractivity contribution in [3.8, 4) is 0 Å². The van der Waals surface area contributed by atoms with Gasteiger partial charge in [-0.1, -0.05) is 39.0 Å². The summed E-state index contributed by atoms with van der Waals surface area (Å²) in [5, 5.41) is 10.7. The monoisotopic (exact) mass is 386 g/mol. The molecule has 0 aromatic heterocycles. The average molecular weight is 386 g/mol. The Hall–Kier alpha value is 1.83. The summed E-state index contributed by atoms with van der Waals surface area (Å²) < 4.78 is 0.222. The Bertz CT molecular complexity index is 209. The van der Waals surface area contributed by atoms with Crippen molar-refractivity contribution < 1.29 is 56.5 Å². The van der Waals surface area contributed by atoms with Crippen molar-refractivity contribution in [3.63, 3.8) is 0 Å². The summed E-state index contributed by atoms with van der Waals surface area (Å²) in [6.07, 6.45) is 21.4. The van der Waals surface area contributed by atoms with Crippen molar-refractivity contribution in [1.29, 1.82) is 0 Å². The molecule has 3 heteroatoms. The van der Waals surface area contributed by atoms with Gasteiger partial charge in [-0.3, -0.25) is 0 Å². The van der Waals surface area contributed by atoms with E-state index in [0.29, 0.717) is 0 Å². The molecule has 0 saturated heterocycles. The molecule has 0 spiro atoms. The summed E-state index contributed by atoms with van der Waals surface area (Å²) in [4.78, 5) is 0. The second kappa shape index (κ2) is 21.8. The molecule has 0 aliphatic rings. The molecule has 1 nitrogen and oxygen atoms in total. The van der Waals surface area contributed by atoms with Crippen LogP contribution in [-0.2, 0) is 0 Å². The molecule has 0 bridgehead atoms. The van der Waals surface area contributed by atoms with Gasteiger partial charge in [0.2, 0.25) is 0 Å². The van der Waals surface area contributed by atoms with Crippen LogP contribution in [0.2, 0.25) is 0 Å². The van der Waals surface area contributed by atoms with Crippen molar-refractivity contribution in [3.05, 3.63) is 0 Å². The molecule has 0 aliphatic heterocycles. The van der Waals surface area contributed by atoms with E-state index >= 15 is 0 Å². The van der Waals surface area contributed by atoms with Gasteiger partial charge in [-0.15, -0.1) is 0 Å². The van der Waals surface area contributed by atoms with Gasteiger partial charge in [0.05, 0.1) is 0 Å². The number of rotatable bonds is 16. The van der Waals surface area contributed by atoms with Gasteiger partial charge in [-0.05, 0) is 0 Å². The van der Waals surface area contributed by atoms with Crippen LogP contribution >= 0.6 is 0 Å². The van der Waals surface area contributed by atoms with E-state index in [-0.39, 0.29) is 56.0 Å². The largest absolute Gasteiger partial charge is 1.00 e. The molecule has 0 heterocycles. The first-order valence-corrected chi connectivity index (χ1v) is 9.83. The fourth-order valence-electron chi connectivity index (χ4n) is 2.64. The number of hydrogen-bond donors (Lipinski definition) is 0. The van der Waals surface area contributed by atoms with Crippen LogP contribution in [0.5, 0.6) is 0 Å². The Labute approximate surface area is 184 Å². The molecule has 120 valence electrons. The first-order chi connectivity index (χ1) is 9.77. The summed E-state index contributed by atoms with van der Waals surface area (Å²) in [6, 6.07) is 0. The fraction of sp³-hybridized carbons (Fsp3) is 0.944. The predicted octanol–water partition coefficient (Wildman–Crippen LogP) is 1.91. The minimum absolute atomic E-state index is 0. The van der Waals surface area contributed by atoms with Gasteiger partial charge < -0.3 is 0 Å². The molecule has 0 amide bonds. The molecule has 0 radical (unpaired) electrons. The maximum atomic E-state index is 10.7. The van der Waals surface area contributed by atoms with Crippen LogP contribution in [0.25, 0.3) is 0 Å². The van der Waals surface area contributed by atoms with Crippen molar-refractivity contribution in [2.24, 2.45) is 0 Å². The molecular weight excluding hydrogens is 350 g/mol. The zero-order valence-electron chi connectivity index (χ0n) is 14.6. The molecule has 0 N–H and O–H groups in total. The van der Waals surface area contributed by atoms with Gasteiger partial charge in [0.1, 0.15) is 0 Å². The van der Waals surface area contributed by atoms with E-state index in [1.807, 2.05) is 0 Å². The zero-order chi connectivity index (χ0) is 14.9. The maximum absolute atomic E-state index is 10.7. The van der Waals surface area contributed by atoms with Gasteiger partial charge in [0, 0.05) is 0 Å². The number of unbranched alkanes of at least 4 members (excludes halogenated alkanes) is 14. The molecule has 21 heavy (non-hydrogen) atoms. The van der Waals surface area contributed by atoms with Crippen LogP contribution in [0.1, 0.15) is 110 Å². The van der Waals surface area contributed by atoms with Crippen molar-refractivity contribution >= 4 is 20.2 Å². The summed E-state index contributed by atoms with van der Waals surface area (Å²) in [6.45, 7) is 2.28. The van der Waals surface area contributed by atoms with E-state index in [2.05, 4.69) is 22.5 Å². The van der Waals surface area contributed by atoms with Gasteiger partial charge in [-0.25, -0.2) is 0 Å². The minimum atomic E-state index is 0. The van der Waals surface area contributed by atoms with Gasteiger partial charge >= 0.3 is 147 Å². The third kappa shape index (κ3) is 24.2. The summed E-state index contributed by atoms with van der Waals surface area (Å²) in [5.41, 5.74) is 0. The second-order valence-corrected chi connectivity index (χ2v) is 7.03. The van der Waals surface area contributed by atoms with Crippen LogP contribution in [0.3, 0.4) is 0 Å². The van der Waals surface area contributed by atoms with Crippen LogP contribution < -0.4 is 56.5 Å². The zero-order valence-corrected chi connectivity index (χ0v) is 19.5. The molecule has 0 aliphatic carbocycles. The molecule has 0 fully saturated rings. The van der Waals surface area contributed by atoms with E-state index < -0.39 is 0 Å². The second-order valence-electron chi connectivity index (χ2n) is 6.07. The van der Waals surface area contributed by atoms with E-state index in [1.165, 1.54) is 89.9 Å². The third-order valence-corrected chi connectivity index (χ3v) is 4.41. The summed E-state index contributed by atoms with van der Waals surface area (Å²) in [7, 11) is 0. The SMILES string of the molecule is CCCCCCCCCCCCCCCCCC([O-])=[Se].[K+]. The van der Waals surface area contributed by atoms with E-state index in [1.54, 1.807) is 0 Å². The molecule has 0 unspecified atom stereocenters. The Morgan fingerprint density at radius 3 is 1.19 bits per heavy atom. The summed E-state index contributed by atoms with van der Waals surface area (Å²) >= 11 is 2.55. The molecule has 0 aromatic rings. The Kier molecular flexibility index (Phi) is 26.1. The van der Waals surface area contributed by atoms with Gasteiger partial charge in [-0.2, -0.15) is 0 Å². The van der Waals surface area contributed by atoms with E-state index in [4.69, 9.17) is 0 Å². The Morgan fingerprint density at radius 1 is 0.619 bits per heavy atom. The number of hydrogen-bond acceptors (Lipinski definition) is 1. The third-order valence-electron chi connectivity index (χ3n) is 3.98. The van der Waals surface area contributed by atoms with E-state index in [0.717, 1.165) is 12.8 Å². The standard InChI is InChI=1S/C18H36OSe.K/c1-2-3-4-5-6-7-8-9-10-11-12-13-14-15-16-17-18(19)20;/h2-17H2,1H3,(H,19,20);/q;+1/p-1. The van der Waals surface area contributed by atoms with Crippen molar-refractivity contribution in [2.75, 3.05) is 0 Å². The van der Waals surface area contributed by atoms with Crippen LogP contribution in [0, 0.1) is 0 Å². The smallest absolute Gasteiger partial charge is 1.00 e. The molecule has 0 saturated carbocycles.